The zero-order chi connectivity index (χ0) is 20.0. The van der Waals surface area contributed by atoms with Gasteiger partial charge in [0.2, 0.25) is 5.91 Å². The molecule has 0 spiro atoms. The van der Waals surface area contributed by atoms with Crippen LogP contribution in [0.3, 0.4) is 0 Å². The minimum absolute atomic E-state index is 0.313. The lowest BCUT2D eigenvalue weighted by atomic mass is 10.1. The molecule has 0 bridgehead atoms. The van der Waals surface area contributed by atoms with Gasteiger partial charge in [0.1, 0.15) is 19.2 Å². The topological polar surface area (TPSA) is 86.7 Å². The molecular weight excluding hydrogens is 344 g/mol. The van der Waals surface area contributed by atoms with E-state index in [0.29, 0.717) is 19.4 Å². The molecule has 0 fully saturated rings. The quantitative estimate of drug-likeness (QED) is 0.235. The third-order valence-corrected chi connectivity index (χ3v) is 4.71. The zero-order valence-corrected chi connectivity index (χ0v) is 17.0. The van der Waals surface area contributed by atoms with Crippen molar-refractivity contribution >= 4 is 18.5 Å². The van der Waals surface area contributed by atoms with Gasteiger partial charge < -0.3 is 24.9 Å². The number of rotatable bonds is 21. The van der Waals surface area contributed by atoms with E-state index in [2.05, 4.69) is 10.2 Å². The second-order valence-electron chi connectivity index (χ2n) is 7.15. The van der Waals surface area contributed by atoms with E-state index in [0.717, 1.165) is 64.3 Å². The number of unbranched alkanes of at least 4 members (excludes halogenated alkanes) is 10. The normalized spacial score (nSPS) is 10.9. The van der Waals surface area contributed by atoms with Crippen molar-refractivity contribution in [3.8, 4) is 0 Å². The van der Waals surface area contributed by atoms with Crippen molar-refractivity contribution in [1.29, 1.82) is 0 Å². The smallest absolute Gasteiger partial charge is 0.245 e. The van der Waals surface area contributed by atoms with Crippen molar-refractivity contribution in [3.63, 3.8) is 0 Å². The Bertz CT molecular complexity index is 342. The molecule has 0 aromatic carbocycles. The van der Waals surface area contributed by atoms with E-state index >= 15 is 0 Å². The first-order valence-corrected chi connectivity index (χ1v) is 10.7. The van der Waals surface area contributed by atoms with Crippen molar-refractivity contribution in [2.45, 2.75) is 83.5 Å². The van der Waals surface area contributed by atoms with Crippen LogP contribution in [0.5, 0.6) is 0 Å². The van der Waals surface area contributed by atoms with Gasteiger partial charge in [-0.05, 0) is 51.7 Å². The molecule has 0 rings (SSSR count). The van der Waals surface area contributed by atoms with Crippen molar-refractivity contribution in [2.75, 3.05) is 32.8 Å². The molecular formula is C21H40N2O4. The lowest BCUT2D eigenvalue weighted by molar-refractivity contribution is -0.123. The summed E-state index contributed by atoms with van der Waals surface area (Å²) >= 11 is 0. The highest BCUT2D eigenvalue weighted by molar-refractivity contribution is 5.76. The second kappa shape index (κ2) is 21.0. The number of amides is 1. The van der Waals surface area contributed by atoms with Crippen LogP contribution < -0.4 is 5.32 Å². The van der Waals surface area contributed by atoms with Gasteiger partial charge in [-0.1, -0.05) is 38.5 Å². The molecule has 0 heterocycles. The Morgan fingerprint density at radius 1 is 0.704 bits per heavy atom. The number of aliphatic hydroxyl groups excluding tert-OH is 1. The first kappa shape index (κ1) is 25.7. The number of carbonyl (C=O) groups excluding carboxylic acids is 3. The molecule has 0 radical (unpaired) electrons. The van der Waals surface area contributed by atoms with Gasteiger partial charge in [-0.25, -0.2) is 0 Å². The standard InChI is InChI=1S/C21H40N2O4/c24-18-11-7-3-1-5-9-15-23(17-13-14-22-21(27)20-26)16-10-6-2-4-8-12-19-25/h18-19,26H,1-17,20H2,(H,22,27). The molecule has 0 aromatic rings. The maximum Gasteiger partial charge on any atom is 0.245 e. The second-order valence-corrected chi connectivity index (χ2v) is 7.15. The van der Waals surface area contributed by atoms with Crippen molar-refractivity contribution in [2.24, 2.45) is 0 Å². The minimum Gasteiger partial charge on any atom is -0.387 e. The predicted octanol–water partition coefficient (Wildman–Crippen LogP) is 2.87. The minimum atomic E-state index is -0.447. The van der Waals surface area contributed by atoms with Crippen molar-refractivity contribution < 1.29 is 19.5 Å². The molecule has 0 unspecified atom stereocenters. The molecule has 0 saturated carbocycles. The average Bonchev–Trinajstić information content (AvgIpc) is 2.68. The largest absolute Gasteiger partial charge is 0.387 e. The summed E-state index contributed by atoms with van der Waals surface area (Å²) in [5.41, 5.74) is 0. The van der Waals surface area contributed by atoms with E-state index in [1.54, 1.807) is 0 Å². The zero-order valence-electron chi connectivity index (χ0n) is 17.0. The fourth-order valence-corrected chi connectivity index (χ4v) is 3.11. The highest BCUT2D eigenvalue weighted by Gasteiger charge is 2.05. The van der Waals surface area contributed by atoms with Crippen LogP contribution in [-0.4, -0.2) is 61.3 Å². The van der Waals surface area contributed by atoms with E-state index in [9.17, 15) is 14.4 Å². The van der Waals surface area contributed by atoms with Crippen LogP contribution >= 0.6 is 0 Å². The summed E-state index contributed by atoms with van der Waals surface area (Å²) in [6, 6.07) is 0. The summed E-state index contributed by atoms with van der Waals surface area (Å²) in [5.74, 6) is -0.313. The molecule has 0 atom stereocenters. The number of nitrogens with zero attached hydrogens (tertiary/aromatic N) is 1. The molecule has 0 aliphatic carbocycles. The number of aliphatic hydroxyl groups is 1. The van der Waals surface area contributed by atoms with Gasteiger partial charge in [0, 0.05) is 19.4 Å². The molecule has 0 aliphatic heterocycles. The van der Waals surface area contributed by atoms with E-state index < -0.39 is 6.61 Å². The van der Waals surface area contributed by atoms with E-state index in [1.165, 1.54) is 38.5 Å². The molecule has 1 amide bonds. The van der Waals surface area contributed by atoms with E-state index in [4.69, 9.17) is 5.11 Å². The predicted molar refractivity (Wildman–Crippen MR) is 109 cm³/mol. The van der Waals surface area contributed by atoms with Gasteiger partial charge in [-0.3, -0.25) is 4.79 Å². The van der Waals surface area contributed by atoms with Crippen molar-refractivity contribution in [1.82, 2.24) is 10.2 Å². The number of hydrogen-bond donors (Lipinski definition) is 2. The maximum atomic E-state index is 11.1. The Morgan fingerprint density at radius 3 is 1.63 bits per heavy atom. The Hall–Kier alpha value is -1.27. The Morgan fingerprint density at radius 2 is 1.15 bits per heavy atom. The summed E-state index contributed by atoms with van der Waals surface area (Å²) < 4.78 is 0. The Kier molecular flexibility index (Phi) is 20.0. The monoisotopic (exact) mass is 384 g/mol. The molecule has 0 saturated heterocycles. The number of nitrogens with one attached hydrogen (secondary N) is 1. The summed E-state index contributed by atoms with van der Waals surface area (Å²) in [6.07, 6.45) is 15.6. The molecule has 2 N–H and O–H groups in total. The van der Waals surface area contributed by atoms with E-state index in [-0.39, 0.29) is 5.91 Å². The lowest BCUT2D eigenvalue weighted by Crippen LogP contribution is -2.32. The molecule has 6 heteroatoms. The highest BCUT2D eigenvalue weighted by Crippen LogP contribution is 2.09. The summed E-state index contributed by atoms with van der Waals surface area (Å²) in [4.78, 5) is 34.2. The third-order valence-electron chi connectivity index (χ3n) is 4.71. The van der Waals surface area contributed by atoms with Crippen LogP contribution in [0.15, 0.2) is 0 Å². The van der Waals surface area contributed by atoms with Crippen LogP contribution in [-0.2, 0) is 14.4 Å². The van der Waals surface area contributed by atoms with Gasteiger partial charge in [-0.15, -0.1) is 0 Å². The molecule has 27 heavy (non-hydrogen) atoms. The third kappa shape index (κ3) is 19.3. The average molecular weight is 385 g/mol. The first-order valence-electron chi connectivity index (χ1n) is 10.7. The van der Waals surface area contributed by atoms with Crippen molar-refractivity contribution in [3.05, 3.63) is 0 Å². The van der Waals surface area contributed by atoms with Crippen LogP contribution in [0.25, 0.3) is 0 Å². The Labute approximate surface area is 165 Å². The van der Waals surface area contributed by atoms with Crippen LogP contribution in [0.1, 0.15) is 83.5 Å². The number of hydrogen-bond acceptors (Lipinski definition) is 5. The highest BCUT2D eigenvalue weighted by atomic mass is 16.3. The summed E-state index contributed by atoms with van der Waals surface area (Å²) in [5, 5.41) is 11.4. The maximum absolute atomic E-state index is 11.1. The van der Waals surface area contributed by atoms with Crippen LogP contribution in [0.2, 0.25) is 0 Å². The SMILES string of the molecule is O=CCCCCCCCN(CCCCCCCC=O)CCCNC(=O)CO. The van der Waals surface area contributed by atoms with E-state index in [1.807, 2.05) is 0 Å². The Balaban J connectivity index is 3.89. The van der Waals surface area contributed by atoms with Gasteiger partial charge >= 0.3 is 0 Å². The number of aldehydes is 2. The first-order chi connectivity index (χ1) is 13.2. The van der Waals surface area contributed by atoms with Gasteiger partial charge in [0.25, 0.3) is 0 Å². The summed E-state index contributed by atoms with van der Waals surface area (Å²) in [7, 11) is 0. The fourth-order valence-electron chi connectivity index (χ4n) is 3.11. The number of carbonyl (C=O) groups is 3. The molecule has 0 aliphatic rings. The lowest BCUT2D eigenvalue weighted by Gasteiger charge is -2.22. The van der Waals surface area contributed by atoms with Crippen LogP contribution in [0.4, 0.5) is 0 Å². The fraction of sp³-hybridized carbons (Fsp3) is 0.857. The summed E-state index contributed by atoms with van der Waals surface area (Å²) in [6.45, 7) is 3.27. The van der Waals surface area contributed by atoms with Gasteiger partial charge in [0.15, 0.2) is 0 Å². The van der Waals surface area contributed by atoms with Crippen LogP contribution in [0, 0.1) is 0 Å². The molecule has 6 nitrogen and oxygen atoms in total. The molecule has 0 aromatic heterocycles. The van der Waals surface area contributed by atoms with Gasteiger partial charge in [-0.2, -0.15) is 0 Å². The molecule has 158 valence electrons. The van der Waals surface area contributed by atoms with Gasteiger partial charge in [0.05, 0.1) is 0 Å².